The minimum absolute atomic E-state index is 0.0309. The third-order valence-corrected chi connectivity index (χ3v) is 2.64. The molecular weight excluding hydrogens is 216 g/mol. The second-order valence-corrected chi connectivity index (χ2v) is 4.52. The molecule has 0 radical (unpaired) electrons. The van der Waals surface area contributed by atoms with Crippen molar-refractivity contribution in [3.63, 3.8) is 0 Å². The monoisotopic (exact) mass is 236 g/mol. The molecule has 0 aliphatic heterocycles. The topological polar surface area (TPSA) is 75.4 Å². The van der Waals surface area contributed by atoms with Gasteiger partial charge in [0.15, 0.2) is 0 Å². The Kier molecular flexibility index (Phi) is 4.52. The van der Waals surface area contributed by atoms with Gasteiger partial charge in [-0.2, -0.15) is 0 Å². The summed E-state index contributed by atoms with van der Waals surface area (Å²) in [6, 6.07) is 3.45. The number of amides is 1. The van der Waals surface area contributed by atoms with Crippen molar-refractivity contribution >= 4 is 11.6 Å². The molecule has 1 amide bonds. The van der Waals surface area contributed by atoms with Gasteiger partial charge in [0.25, 0.3) is 0 Å². The Morgan fingerprint density at radius 3 is 2.65 bits per heavy atom. The van der Waals surface area contributed by atoms with Crippen molar-refractivity contribution in [3.8, 4) is 5.75 Å². The number of nitrogens with two attached hydrogens (primary N) is 1. The first-order chi connectivity index (χ1) is 7.90. The van der Waals surface area contributed by atoms with Gasteiger partial charge in [-0.15, -0.1) is 0 Å². The number of hydrogen-bond donors (Lipinski definition) is 3. The Labute approximate surface area is 102 Å². The first-order valence-electron chi connectivity index (χ1n) is 5.75. The molecule has 1 aromatic rings. The molecule has 4 nitrogen and oxygen atoms in total. The maximum Gasteiger partial charge on any atom is 0.224 e. The maximum atomic E-state index is 11.6. The Morgan fingerprint density at radius 1 is 1.41 bits per heavy atom. The zero-order valence-corrected chi connectivity index (χ0v) is 10.6. The van der Waals surface area contributed by atoms with Gasteiger partial charge in [0.1, 0.15) is 5.75 Å². The van der Waals surface area contributed by atoms with E-state index in [4.69, 9.17) is 5.73 Å². The summed E-state index contributed by atoms with van der Waals surface area (Å²) in [5.41, 5.74) is 7.94. The van der Waals surface area contributed by atoms with E-state index in [1.54, 1.807) is 19.1 Å². The molecule has 0 aromatic heterocycles. The molecule has 94 valence electrons. The van der Waals surface area contributed by atoms with E-state index in [1.165, 1.54) is 0 Å². The van der Waals surface area contributed by atoms with Crippen molar-refractivity contribution in [1.29, 1.82) is 0 Å². The predicted molar refractivity (Wildman–Crippen MR) is 69.1 cm³/mol. The highest BCUT2D eigenvalue weighted by Crippen LogP contribution is 2.25. The van der Waals surface area contributed by atoms with Crippen molar-refractivity contribution in [2.24, 2.45) is 5.73 Å². The molecule has 0 saturated carbocycles. The van der Waals surface area contributed by atoms with Crippen LogP contribution in [0.15, 0.2) is 12.1 Å². The van der Waals surface area contributed by atoms with Gasteiger partial charge >= 0.3 is 0 Å². The van der Waals surface area contributed by atoms with Gasteiger partial charge in [0.2, 0.25) is 5.91 Å². The van der Waals surface area contributed by atoms with Crippen molar-refractivity contribution in [2.75, 3.05) is 5.32 Å². The van der Waals surface area contributed by atoms with E-state index >= 15 is 0 Å². The van der Waals surface area contributed by atoms with Crippen molar-refractivity contribution in [2.45, 2.75) is 39.7 Å². The predicted octanol–water partition coefficient (Wildman–Crippen LogP) is 2.07. The number of hydrogen-bond acceptors (Lipinski definition) is 3. The van der Waals surface area contributed by atoms with Crippen LogP contribution in [0.2, 0.25) is 0 Å². The molecule has 17 heavy (non-hydrogen) atoms. The highest BCUT2D eigenvalue weighted by atomic mass is 16.3. The van der Waals surface area contributed by atoms with Gasteiger partial charge < -0.3 is 16.2 Å². The zero-order chi connectivity index (χ0) is 13.0. The Hall–Kier alpha value is -1.55. The average Bonchev–Trinajstić information content (AvgIpc) is 2.23. The number of anilines is 1. The summed E-state index contributed by atoms with van der Waals surface area (Å²) < 4.78 is 0. The highest BCUT2D eigenvalue weighted by molar-refractivity contribution is 5.91. The number of aromatic hydroxyl groups is 1. The van der Waals surface area contributed by atoms with Crippen molar-refractivity contribution in [1.82, 2.24) is 0 Å². The van der Waals surface area contributed by atoms with Gasteiger partial charge in [-0.25, -0.2) is 0 Å². The second kappa shape index (κ2) is 5.68. The third-order valence-electron chi connectivity index (χ3n) is 2.64. The van der Waals surface area contributed by atoms with Crippen LogP contribution in [-0.4, -0.2) is 17.1 Å². The molecule has 0 fully saturated rings. The van der Waals surface area contributed by atoms with Crippen molar-refractivity contribution in [3.05, 3.63) is 23.3 Å². The lowest BCUT2D eigenvalue weighted by atomic mass is 10.1. The molecule has 1 atom stereocenters. The van der Waals surface area contributed by atoms with E-state index in [9.17, 15) is 9.90 Å². The normalized spacial score (nSPS) is 12.2. The van der Waals surface area contributed by atoms with Crippen LogP contribution in [0.4, 0.5) is 5.69 Å². The number of phenolic OH excluding ortho intramolecular Hbond substituents is 1. The van der Waals surface area contributed by atoms with Crippen LogP contribution in [0.3, 0.4) is 0 Å². The van der Waals surface area contributed by atoms with Gasteiger partial charge in [0.05, 0.1) is 0 Å². The highest BCUT2D eigenvalue weighted by Gasteiger charge is 2.08. The molecular formula is C13H20N2O2. The van der Waals surface area contributed by atoms with Crippen LogP contribution < -0.4 is 11.1 Å². The summed E-state index contributed by atoms with van der Waals surface area (Å²) in [4.78, 5) is 11.6. The quantitative estimate of drug-likeness (QED) is 0.700. The molecule has 0 spiro atoms. The zero-order valence-electron chi connectivity index (χ0n) is 10.6. The number of benzene rings is 1. The first-order valence-corrected chi connectivity index (χ1v) is 5.75. The summed E-state index contributed by atoms with van der Waals surface area (Å²) in [6.07, 6.45) is 1.08. The lowest BCUT2D eigenvalue weighted by Gasteiger charge is -2.11. The standard InChI is InChI=1S/C13H20N2O2/c1-8-7-12(16)9(2)6-11(8)15-13(17)5-4-10(3)14/h6-7,10,16H,4-5,14H2,1-3H3,(H,15,17). The first kappa shape index (κ1) is 13.5. The SMILES string of the molecule is Cc1cc(NC(=O)CCC(C)N)c(C)cc1O. The van der Waals surface area contributed by atoms with E-state index in [2.05, 4.69) is 5.32 Å². The molecule has 4 N–H and O–H groups in total. The van der Waals surface area contributed by atoms with E-state index < -0.39 is 0 Å². The fraction of sp³-hybridized carbons (Fsp3) is 0.462. The fourth-order valence-corrected chi connectivity index (χ4v) is 1.51. The molecule has 0 heterocycles. The van der Waals surface area contributed by atoms with Crippen LogP contribution in [0.25, 0.3) is 0 Å². The molecule has 1 aromatic carbocycles. The van der Waals surface area contributed by atoms with Crippen LogP contribution in [0.1, 0.15) is 30.9 Å². The average molecular weight is 236 g/mol. The van der Waals surface area contributed by atoms with Crippen LogP contribution in [0, 0.1) is 13.8 Å². The number of carbonyl (C=O) groups is 1. The minimum Gasteiger partial charge on any atom is -0.508 e. The van der Waals surface area contributed by atoms with Gasteiger partial charge in [-0.1, -0.05) is 0 Å². The van der Waals surface area contributed by atoms with E-state index in [0.717, 1.165) is 16.8 Å². The molecule has 4 heteroatoms. The van der Waals surface area contributed by atoms with Crippen molar-refractivity contribution < 1.29 is 9.90 Å². The molecule has 0 saturated heterocycles. The van der Waals surface area contributed by atoms with E-state index in [-0.39, 0.29) is 17.7 Å². The number of nitrogens with one attached hydrogen (secondary N) is 1. The number of rotatable bonds is 4. The summed E-state index contributed by atoms with van der Waals surface area (Å²) in [7, 11) is 0. The van der Waals surface area contributed by atoms with E-state index in [1.807, 2.05) is 13.8 Å². The van der Waals surface area contributed by atoms with Crippen LogP contribution in [0.5, 0.6) is 5.75 Å². The summed E-state index contributed by atoms with van der Waals surface area (Å²) in [6.45, 7) is 5.52. The molecule has 1 unspecified atom stereocenters. The molecule has 0 aliphatic rings. The Balaban J connectivity index is 2.68. The number of aryl methyl sites for hydroxylation is 2. The lowest BCUT2D eigenvalue weighted by molar-refractivity contribution is -0.116. The lowest BCUT2D eigenvalue weighted by Crippen LogP contribution is -2.19. The van der Waals surface area contributed by atoms with Crippen LogP contribution >= 0.6 is 0 Å². The smallest absolute Gasteiger partial charge is 0.224 e. The molecule has 1 rings (SSSR count). The third kappa shape index (κ3) is 4.07. The molecule has 0 aliphatic carbocycles. The minimum atomic E-state index is -0.0458. The van der Waals surface area contributed by atoms with Crippen LogP contribution in [-0.2, 0) is 4.79 Å². The summed E-state index contributed by atoms with van der Waals surface area (Å²) in [5.74, 6) is 0.201. The summed E-state index contributed by atoms with van der Waals surface area (Å²) in [5, 5.41) is 12.3. The number of phenols is 1. The van der Waals surface area contributed by atoms with E-state index in [0.29, 0.717) is 12.8 Å². The second-order valence-electron chi connectivity index (χ2n) is 4.52. The van der Waals surface area contributed by atoms with Gasteiger partial charge in [-0.05, 0) is 50.5 Å². The largest absolute Gasteiger partial charge is 0.508 e. The Bertz CT molecular complexity index is 414. The maximum absolute atomic E-state index is 11.6. The van der Waals surface area contributed by atoms with Gasteiger partial charge in [0, 0.05) is 18.2 Å². The Morgan fingerprint density at radius 2 is 2.06 bits per heavy atom. The number of carbonyl (C=O) groups excluding carboxylic acids is 1. The summed E-state index contributed by atoms with van der Waals surface area (Å²) >= 11 is 0. The fourth-order valence-electron chi connectivity index (χ4n) is 1.51. The van der Waals surface area contributed by atoms with Gasteiger partial charge in [-0.3, -0.25) is 4.79 Å². The molecule has 0 bridgehead atoms.